The van der Waals surface area contributed by atoms with E-state index in [4.69, 9.17) is 0 Å². The number of fused-ring (bicyclic) bond motifs is 1. The largest absolute Gasteiger partial charge is 0.330 e. The molecular formula is C15H19N5O2S2. The molecule has 0 aliphatic heterocycles. The maximum atomic E-state index is 12.6. The second kappa shape index (κ2) is 6.58. The van der Waals surface area contributed by atoms with Crippen LogP contribution in [0.3, 0.4) is 0 Å². The van der Waals surface area contributed by atoms with Crippen LogP contribution < -0.4 is 4.72 Å². The third kappa shape index (κ3) is 3.19. The van der Waals surface area contributed by atoms with Crippen LogP contribution in [0.4, 0.5) is 0 Å². The smallest absolute Gasteiger partial charge is 0.242 e. The fraction of sp³-hybridized carbons (Fsp3) is 0.400. The zero-order valence-corrected chi connectivity index (χ0v) is 15.4. The third-order valence-electron chi connectivity index (χ3n) is 3.75. The fourth-order valence-corrected chi connectivity index (χ4v) is 4.56. The molecule has 7 nitrogen and oxygen atoms in total. The summed E-state index contributed by atoms with van der Waals surface area (Å²) in [5.74, 6) is 0.874. The number of hydrogen-bond acceptors (Lipinski definition) is 6. The van der Waals surface area contributed by atoms with Gasteiger partial charge in [-0.05, 0) is 32.9 Å². The van der Waals surface area contributed by atoms with Gasteiger partial charge in [-0.1, -0.05) is 6.07 Å². The molecule has 2 heterocycles. The van der Waals surface area contributed by atoms with Crippen molar-refractivity contribution in [2.24, 2.45) is 0 Å². The Bertz CT molecular complexity index is 959. The first kappa shape index (κ1) is 17.0. The number of hydrogen-bond donors (Lipinski definition) is 1. The number of aromatic nitrogens is 4. The summed E-state index contributed by atoms with van der Waals surface area (Å²) in [6.07, 6.45) is 2.34. The first-order chi connectivity index (χ1) is 11.4. The molecule has 3 aromatic rings. The zero-order valence-electron chi connectivity index (χ0n) is 13.7. The van der Waals surface area contributed by atoms with Crippen molar-refractivity contribution < 1.29 is 8.42 Å². The van der Waals surface area contributed by atoms with Gasteiger partial charge in [-0.15, -0.1) is 0 Å². The molecule has 0 spiro atoms. The molecule has 0 saturated carbocycles. The summed E-state index contributed by atoms with van der Waals surface area (Å²) in [4.78, 5) is 4.54. The molecule has 1 N–H and O–H groups in total. The molecule has 9 heteroatoms. The highest BCUT2D eigenvalue weighted by atomic mass is 32.2. The van der Waals surface area contributed by atoms with E-state index in [0.29, 0.717) is 17.5 Å². The number of imidazole rings is 1. The van der Waals surface area contributed by atoms with E-state index in [-0.39, 0.29) is 17.5 Å². The number of nitrogens with one attached hydrogen (secondary N) is 1. The molecule has 3 rings (SSSR count). The molecule has 0 aliphatic rings. The van der Waals surface area contributed by atoms with E-state index >= 15 is 0 Å². The molecule has 0 aliphatic carbocycles. The second-order valence-electron chi connectivity index (χ2n) is 5.82. The van der Waals surface area contributed by atoms with E-state index < -0.39 is 10.0 Å². The normalized spacial score (nSPS) is 12.3. The van der Waals surface area contributed by atoms with Crippen LogP contribution in [-0.4, -0.2) is 33.3 Å². The summed E-state index contributed by atoms with van der Waals surface area (Å²) in [5, 5.41) is 0. The van der Waals surface area contributed by atoms with Crippen LogP contribution in [0, 0.1) is 6.92 Å². The highest BCUT2D eigenvalue weighted by Gasteiger charge is 2.19. The molecule has 0 unspecified atom stereocenters. The van der Waals surface area contributed by atoms with E-state index in [1.807, 2.05) is 13.1 Å². The Labute approximate surface area is 145 Å². The molecule has 0 radical (unpaired) electrons. The summed E-state index contributed by atoms with van der Waals surface area (Å²) in [5.41, 5.74) is 2.07. The fourth-order valence-electron chi connectivity index (χ4n) is 2.76. The van der Waals surface area contributed by atoms with Crippen LogP contribution in [0.5, 0.6) is 0 Å². The quantitative estimate of drug-likeness (QED) is 0.724. The Morgan fingerprint density at radius 3 is 2.83 bits per heavy atom. The molecular weight excluding hydrogens is 346 g/mol. The number of aryl methyl sites for hydroxylation is 1. The third-order valence-corrected chi connectivity index (χ3v) is 5.79. The predicted octanol–water partition coefficient (Wildman–Crippen LogP) is 2.30. The van der Waals surface area contributed by atoms with Gasteiger partial charge in [0, 0.05) is 30.9 Å². The number of sulfonamides is 1. The predicted molar refractivity (Wildman–Crippen MR) is 93.7 cm³/mol. The first-order valence-corrected chi connectivity index (χ1v) is 9.85. The van der Waals surface area contributed by atoms with E-state index in [9.17, 15) is 8.42 Å². The van der Waals surface area contributed by atoms with Crippen molar-refractivity contribution in [3.05, 3.63) is 35.9 Å². The molecule has 1 aromatic carbocycles. The maximum absolute atomic E-state index is 12.6. The summed E-state index contributed by atoms with van der Waals surface area (Å²) >= 11 is 1.01. The summed E-state index contributed by atoms with van der Waals surface area (Å²) in [6, 6.07) is 5.26. The highest BCUT2D eigenvalue weighted by Crippen LogP contribution is 2.21. The Kier molecular flexibility index (Phi) is 4.66. The van der Waals surface area contributed by atoms with Gasteiger partial charge >= 0.3 is 0 Å². The Morgan fingerprint density at radius 2 is 2.08 bits per heavy atom. The van der Waals surface area contributed by atoms with Crippen LogP contribution in [0.2, 0.25) is 0 Å². The van der Waals surface area contributed by atoms with Crippen molar-refractivity contribution in [2.45, 2.75) is 38.1 Å². The van der Waals surface area contributed by atoms with Gasteiger partial charge in [0.05, 0.1) is 11.7 Å². The monoisotopic (exact) mass is 365 g/mol. The zero-order chi connectivity index (χ0) is 17.3. The lowest BCUT2D eigenvalue weighted by Crippen LogP contribution is -2.27. The average Bonchev–Trinajstić information content (AvgIpc) is 3.13. The Balaban J connectivity index is 1.76. The van der Waals surface area contributed by atoms with Gasteiger partial charge < -0.3 is 4.57 Å². The van der Waals surface area contributed by atoms with Crippen LogP contribution in [-0.2, 0) is 16.4 Å². The minimum Gasteiger partial charge on any atom is -0.330 e. The van der Waals surface area contributed by atoms with Crippen molar-refractivity contribution >= 4 is 32.8 Å². The maximum Gasteiger partial charge on any atom is 0.242 e. The minimum atomic E-state index is -3.64. The summed E-state index contributed by atoms with van der Waals surface area (Å²) in [7, 11) is -3.64. The highest BCUT2D eigenvalue weighted by molar-refractivity contribution is 7.89. The molecule has 0 fully saturated rings. The molecule has 0 bridgehead atoms. The average molecular weight is 365 g/mol. The van der Waals surface area contributed by atoms with Crippen LogP contribution >= 0.6 is 11.7 Å². The van der Waals surface area contributed by atoms with Crippen LogP contribution in [0.25, 0.3) is 11.0 Å². The van der Waals surface area contributed by atoms with Crippen LogP contribution in [0.15, 0.2) is 29.3 Å². The van der Waals surface area contributed by atoms with E-state index in [0.717, 1.165) is 23.2 Å². The van der Waals surface area contributed by atoms with Gasteiger partial charge in [0.2, 0.25) is 10.0 Å². The first-order valence-electron chi connectivity index (χ1n) is 7.64. The van der Waals surface area contributed by atoms with E-state index in [1.165, 1.54) is 0 Å². The number of benzene rings is 1. The van der Waals surface area contributed by atoms with Crippen LogP contribution in [0.1, 0.15) is 31.4 Å². The summed E-state index contributed by atoms with van der Waals surface area (Å²) in [6.45, 7) is 6.44. The van der Waals surface area contributed by atoms with Gasteiger partial charge in [-0.25, -0.2) is 18.1 Å². The Morgan fingerprint density at radius 1 is 1.29 bits per heavy atom. The number of nitrogens with zero attached hydrogens (tertiary/aromatic N) is 4. The van der Waals surface area contributed by atoms with Gasteiger partial charge in [0.25, 0.3) is 0 Å². The van der Waals surface area contributed by atoms with E-state index in [2.05, 4.69) is 36.9 Å². The van der Waals surface area contributed by atoms with Crippen molar-refractivity contribution in [3.8, 4) is 0 Å². The number of rotatable bonds is 6. The molecule has 0 saturated heterocycles. The summed E-state index contributed by atoms with van der Waals surface area (Å²) < 4.78 is 38.0. The van der Waals surface area contributed by atoms with Gasteiger partial charge in [-0.3, -0.25) is 0 Å². The Hall–Kier alpha value is -1.84. The SMILES string of the molecule is Cc1cnc(CCNS(=O)(=O)c2cccc3nsnc23)n1C(C)C. The van der Waals surface area contributed by atoms with Gasteiger partial charge in [0.1, 0.15) is 21.8 Å². The van der Waals surface area contributed by atoms with Gasteiger partial charge in [-0.2, -0.15) is 8.75 Å². The topological polar surface area (TPSA) is 89.8 Å². The lowest BCUT2D eigenvalue weighted by atomic mass is 10.3. The molecule has 24 heavy (non-hydrogen) atoms. The minimum absolute atomic E-state index is 0.164. The second-order valence-corrected chi connectivity index (χ2v) is 8.08. The molecule has 2 aromatic heterocycles. The molecule has 0 amide bonds. The van der Waals surface area contributed by atoms with Crippen molar-refractivity contribution in [3.63, 3.8) is 0 Å². The molecule has 0 atom stereocenters. The lowest BCUT2D eigenvalue weighted by molar-refractivity contribution is 0.549. The lowest BCUT2D eigenvalue weighted by Gasteiger charge is -2.14. The van der Waals surface area contributed by atoms with Gasteiger partial charge in [0.15, 0.2) is 0 Å². The van der Waals surface area contributed by atoms with Crippen molar-refractivity contribution in [1.29, 1.82) is 0 Å². The molecule has 128 valence electrons. The van der Waals surface area contributed by atoms with E-state index in [1.54, 1.807) is 18.2 Å². The standard InChI is InChI=1S/C15H19N5O2S2/c1-10(2)20-11(3)9-16-14(20)7-8-17-24(21,22)13-6-4-5-12-15(13)19-23-18-12/h4-6,9-10,17H,7-8H2,1-3H3. The van der Waals surface area contributed by atoms with Crippen molar-refractivity contribution in [2.75, 3.05) is 6.54 Å². The van der Waals surface area contributed by atoms with Crippen molar-refractivity contribution in [1.82, 2.24) is 23.0 Å².